The molecular weight excluding hydrogens is 232 g/mol. The fraction of sp³-hybridized carbons (Fsp3) is 0.583. The minimum absolute atomic E-state index is 0.234. The van der Waals surface area contributed by atoms with E-state index in [9.17, 15) is 4.79 Å². The third kappa shape index (κ3) is 5.09. The molecule has 1 aromatic heterocycles. The zero-order chi connectivity index (χ0) is 13.2. The van der Waals surface area contributed by atoms with Crippen LogP contribution in [-0.4, -0.2) is 42.9 Å². The molecule has 1 rings (SSSR count). The molecule has 1 amide bonds. The molecule has 0 spiro atoms. The second-order valence-electron chi connectivity index (χ2n) is 3.78. The van der Waals surface area contributed by atoms with Gasteiger partial charge in [0.15, 0.2) is 5.69 Å². The van der Waals surface area contributed by atoms with Crippen LogP contribution in [0.1, 0.15) is 30.3 Å². The fourth-order valence-electron chi connectivity index (χ4n) is 1.31. The molecule has 6 nitrogen and oxygen atoms in total. The maximum Gasteiger partial charge on any atom is 0.271 e. The normalized spacial score (nSPS) is 10.1. The van der Waals surface area contributed by atoms with Gasteiger partial charge in [-0.1, -0.05) is 6.92 Å². The lowest BCUT2D eigenvalue weighted by molar-refractivity contribution is 0.0957. The lowest BCUT2D eigenvalue weighted by Gasteiger charge is -2.05. The number of anilines is 1. The van der Waals surface area contributed by atoms with Gasteiger partial charge in [0.1, 0.15) is 5.82 Å². The molecule has 6 heteroatoms. The number of ether oxygens (including phenoxy) is 1. The van der Waals surface area contributed by atoms with Crippen LogP contribution in [0.5, 0.6) is 0 Å². The average Bonchev–Trinajstić information content (AvgIpc) is 2.42. The van der Waals surface area contributed by atoms with Crippen LogP contribution >= 0.6 is 0 Å². The molecule has 0 aromatic carbocycles. The summed E-state index contributed by atoms with van der Waals surface area (Å²) in [7, 11) is 1.56. The van der Waals surface area contributed by atoms with E-state index in [0.717, 1.165) is 32.6 Å². The summed E-state index contributed by atoms with van der Waals surface area (Å²) in [6, 6.07) is 3.38. The Morgan fingerprint density at radius 2 is 2.17 bits per heavy atom. The number of rotatable bonds is 8. The van der Waals surface area contributed by atoms with Crippen LogP contribution in [0.2, 0.25) is 0 Å². The summed E-state index contributed by atoms with van der Waals surface area (Å²) in [5.41, 5.74) is 0.314. The van der Waals surface area contributed by atoms with Gasteiger partial charge >= 0.3 is 0 Å². The fourth-order valence-corrected chi connectivity index (χ4v) is 1.31. The monoisotopic (exact) mass is 252 g/mol. The van der Waals surface area contributed by atoms with Gasteiger partial charge in [-0.3, -0.25) is 4.79 Å². The van der Waals surface area contributed by atoms with Gasteiger partial charge in [0.2, 0.25) is 0 Å². The van der Waals surface area contributed by atoms with Gasteiger partial charge in [-0.05, 0) is 25.0 Å². The van der Waals surface area contributed by atoms with Crippen molar-refractivity contribution in [3.05, 3.63) is 17.8 Å². The summed E-state index contributed by atoms with van der Waals surface area (Å²) in [6.07, 6.45) is 1.96. The summed E-state index contributed by atoms with van der Waals surface area (Å²) in [4.78, 5) is 11.2. The van der Waals surface area contributed by atoms with Crippen molar-refractivity contribution in [2.24, 2.45) is 0 Å². The van der Waals surface area contributed by atoms with E-state index in [0.29, 0.717) is 11.5 Å². The van der Waals surface area contributed by atoms with Gasteiger partial charge in [0, 0.05) is 26.8 Å². The molecule has 0 saturated carbocycles. The number of hydrogen-bond acceptors (Lipinski definition) is 5. The molecule has 0 aliphatic carbocycles. The summed E-state index contributed by atoms with van der Waals surface area (Å²) in [6.45, 7) is 4.41. The van der Waals surface area contributed by atoms with Crippen LogP contribution in [-0.2, 0) is 4.74 Å². The molecule has 18 heavy (non-hydrogen) atoms. The van der Waals surface area contributed by atoms with E-state index in [-0.39, 0.29) is 5.91 Å². The smallest absolute Gasteiger partial charge is 0.271 e. The Bertz CT molecular complexity index is 354. The molecule has 100 valence electrons. The molecule has 0 atom stereocenters. The van der Waals surface area contributed by atoms with E-state index >= 15 is 0 Å². The summed E-state index contributed by atoms with van der Waals surface area (Å²) < 4.78 is 5.36. The molecule has 0 fully saturated rings. The minimum Gasteiger partial charge on any atom is -0.381 e. The Morgan fingerprint density at radius 3 is 2.78 bits per heavy atom. The average molecular weight is 252 g/mol. The van der Waals surface area contributed by atoms with Gasteiger partial charge in [-0.25, -0.2) is 0 Å². The van der Waals surface area contributed by atoms with E-state index in [1.165, 1.54) is 0 Å². The maximum atomic E-state index is 11.2. The van der Waals surface area contributed by atoms with E-state index in [4.69, 9.17) is 4.74 Å². The minimum atomic E-state index is -0.234. The van der Waals surface area contributed by atoms with Crippen molar-refractivity contribution in [1.29, 1.82) is 0 Å². The van der Waals surface area contributed by atoms with E-state index in [1.807, 2.05) is 0 Å². The molecule has 1 heterocycles. The van der Waals surface area contributed by atoms with Gasteiger partial charge in [0.05, 0.1) is 0 Å². The van der Waals surface area contributed by atoms with Crippen molar-refractivity contribution in [1.82, 2.24) is 15.5 Å². The highest BCUT2D eigenvalue weighted by Gasteiger charge is 2.04. The van der Waals surface area contributed by atoms with Crippen LogP contribution in [0.15, 0.2) is 12.1 Å². The number of hydrogen-bond donors (Lipinski definition) is 2. The summed E-state index contributed by atoms with van der Waals surface area (Å²) in [5, 5.41) is 13.4. The molecule has 0 bridgehead atoms. The lowest BCUT2D eigenvalue weighted by atomic mass is 10.3. The lowest BCUT2D eigenvalue weighted by Crippen LogP contribution is -2.19. The van der Waals surface area contributed by atoms with Crippen molar-refractivity contribution < 1.29 is 9.53 Å². The number of aromatic nitrogens is 2. The molecule has 0 aliphatic heterocycles. The Kier molecular flexibility index (Phi) is 6.71. The number of carbonyl (C=O) groups excluding carboxylic acids is 1. The first-order valence-corrected chi connectivity index (χ1v) is 6.15. The molecule has 0 unspecified atom stereocenters. The molecule has 2 N–H and O–H groups in total. The number of nitrogens with zero attached hydrogens (tertiary/aromatic N) is 2. The molecule has 0 aliphatic rings. The second-order valence-corrected chi connectivity index (χ2v) is 3.78. The Hall–Kier alpha value is -1.69. The maximum absolute atomic E-state index is 11.2. The van der Waals surface area contributed by atoms with Crippen molar-refractivity contribution in [2.75, 3.05) is 32.1 Å². The zero-order valence-corrected chi connectivity index (χ0v) is 10.9. The van der Waals surface area contributed by atoms with Crippen molar-refractivity contribution in [2.45, 2.75) is 19.8 Å². The van der Waals surface area contributed by atoms with Gasteiger partial charge in [-0.2, -0.15) is 0 Å². The summed E-state index contributed by atoms with van der Waals surface area (Å²) >= 11 is 0. The van der Waals surface area contributed by atoms with Crippen LogP contribution in [0.25, 0.3) is 0 Å². The van der Waals surface area contributed by atoms with Gasteiger partial charge in [-0.15, -0.1) is 10.2 Å². The Morgan fingerprint density at radius 1 is 1.33 bits per heavy atom. The number of carbonyl (C=O) groups is 1. The highest BCUT2D eigenvalue weighted by molar-refractivity contribution is 5.91. The molecule has 1 aromatic rings. The number of nitrogens with one attached hydrogen (secondary N) is 2. The second kappa shape index (κ2) is 8.41. The number of amides is 1. The third-order valence-corrected chi connectivity index (χ3v) is 2.24. The van der Waals surface area contributed by atoms with E-state index in [1.54, 1.807) is 19.2 Å². The molecule has 0 saturated heterocycles. The Labute approximate surface area is 107 Å². The van der Waals surface area contributed by atoms with Crippen LogP contribution in [0.4, 0.5) is 5.82 Å². The predicted molar refractivity (Wildman–Crippen MR) is 69.6 cm³/mol. The SMILES string of the molecule is CCCOCCCNc1ccc(C(=O)NC)nn1. The van der Waals surface area contributed by atoms with Crippen molar-refractivity contribution >= 4 is 11.7 Å². The van der Waals surface area contributed by atoms with E-state index in [2.05, 4.69) is 27.8 Å². The predicted octanol–water partition coefficient (Wildman–Crippen LogP) is 1.06. The largest absolute Gasteiger partial charge is 0.381 e. The highest BCUT2D eigenvalue weighted by Crippen LogP contribution is 2.01. The topological polar surface area (TPSA) is 76.1 Å². The highest BCUT2D eigenvalue weighted by atomic mass is 16.5. The van der Waals surface area contributed by atoms with Gasteiger partial charge < -0.3 is 15.4 Å². The van der Waals surface area contributed by atoms with Crippen LogP contribution in [0.3, 0.4) is 0 Å². The van der Waals surface area contributed by atoms with Crippen LogP contribution < -0.4 is 10.6 Å². The summed E-state index contributed by atoms with van der Waals surface area (Å²) in [5.74, 6) is 0.431. The first-order chi connectivity index (χ1) is 8.77. The Balaban J connectivity index is 2.25. The zero-order valence-electron chi connectivity index (χ0n) is 10.9. The van der Waals surface area contributed by atoms with Crippen LogP contribution in [0, 0.1) is 0 Å². The quantitative estimate of drug-likeness (QED) is 0.677. The standard InChI is InChI=1S/C12H20N4O2/c1-3-8-18-9-4-7-14-11-6-5-10(15-16-11)12(17)13-2/h5-6H,3-4,7-9H2,1-2H3,(H,13,17)(H,14,16). The third-order valence-electron chi connectivity index (χ3n) is 2.24. The van der Waals surface area contributed by atoms with E-state index < -0.39 is 0 Å². The first-order valence-electron chi connectivity index (χ1n) is 6.15. The van der Waals surface area contributed by atoms with Crippen molar-refractivity contribution in [3.8, 4) is 0 Å². The van der Waals surface area contributed by atoms with Crippen molar-refractivity contribution in [3.63, 3.8) is 0 Å². The molecular formula is C12H20N4O2. The van der Waals surface area contributed by atoms with Gasteiger partial charge in [0.25, 0.3) is 5.91 Å². The first kappa shape index (κ1) is 14.4. The molecule has 0 radical (unpaired) electrons.